The number of amides is 1. The largest absolute Gasteiger partial charge is 0.307 e. The first-order valence-electron chi connectivity index (χ1n) is 8.69. The van der Waals surface area contributed by atoms with E-state index in [1.165, 1.54) is 23.1 Å². The number of aryl methyl sites for hydroxylation is 3. The first kappa shape index (κ1) is 15.6. The van der Waals surface area contributed by atoms with Crippen LogP contribution in [0.4, 0.5) is 5.82 Å². The lowest BCUT2D eigenvalue weighted by molar-refractivity contribution is 0.102. The van der Waals surface area contributed by atoms with Crippen LogP contribution in [0.1, 0.15) is 39.0 Å². The van der Waals surface area contributed by atoms with Crippen molar-refractivity contribution in [3.05, 3.63) is 82.5 Å². The van der Waals surface area contributed by atoms with E-state index in [0.29, 0.717) is 17.9 Å². The second-order valence-corrected chi connectivity index (χ2v) is 6.65. The molecule has 4 nitrogen and oxygen atoms in total. The van der Waals surface area contributed by atoms with Gasteiger partial charge in [0.1, 0.15) is 5.82 Å². The van der Waals surface area contributed by atoms with Gasteiger partial charge in [-0.3, -0.25) is 4.79 Å². The lowest BCUT2D eigenvalue weighted by Gasteiger charge is -2.10. The second-order valence-electron chi connectivity index (χ2n) is 6.65. The van der Waals surface area contributed by atoms with Gasteiger partial charge < -0.3 is 5.32 Å². The third-order valence-corrected chi connectivity index (χ3v) is 4.77. The van der Waals surface area contributed by atoms with Crippen LogP contribution in [-0.2, 0) is 19.4 Å². The van der Waals surface area contributed by atoms with Crippen molar-refractivity contribution < 1.29 is 4.79 Å². The molecule has 1 aliphatic carbocycles. The summed E-state index contributed by atoms with van der Waals surface area (Å²) in [5, 5.41) is 7.33. The molecular weight excluding hydrogens is 310 g/mol. The fraction of sp³-hybridized carbons (Fsp3) is 0.238. The van der Waals surface area contributed by atoms with E-state index in [0.717, 1.165) is 18.4 Å². The summed E-state index contributed by atoms with van der Waals surface area (Å²) in [6, 6.07) is 16.2. The Morgan fingerprint density at radius 1 is 1.08 bits per heavy atom. The number of benzene rings is 2. The van der Waals surface area contributed by atoms with E-state index < -0.39 is 0 Å². The minimum absolute atomic E-state index is 0.0830. The standard InChI is InChI=1S/C21H21N3O/c1-15-5-7-16(8-6-15)14-24-20(11-12-22-24)23-21(25)19-10-9-17-3-2-4-18(17)13-19/h5-13H,2-4,14H2,1H3,(H,23,25). The second kappa shape index (κ2) is 6.55. The summed E-state index contributed by atoms with van der Waals surface area (Å²) in [5.74, 6) is 0.631. The zero-order valence-electron chi connectivity index (χ0n) is 14.3. The highest BCUT2D eigenvalue weighted by molar-refractivity contribution is 6.04. The highest BCUT2D eigenvalue weighted by atomic mass is 16.1. The number of carbonyl (C=O) groups excluding carboxylic acids is 1. The zero-order valence-corrected chi connectivity index (χ0v) is 14.3. The molecule has 0 atom stereocenters. The number of rotatable bonds is 4. The quantitative estimate of drug-likeness (QED) is 0.786. The van der Waals surface area contributed by atoms with Crippen LogP contribution in [0, 0.1) is 6.92 Å². The van der Waals surface area contributed by atoms with Gasteiger partial charge in [0.05, 0.1) is 12.7 Å². The van der Waals surface area contributed by atoms with Crippen molar-refractivity contribution in [3.8, 4) is 0 Å². The third-order valence-electron chi connectivity index (χ3n) is 4.77. The molecule has 0 saturated heterocycles. The molecule has 126 valence electrons. The van der Waals surface area contributed by atoms with Crippen LogP contribution >= 0.6 is 0 Å². The average molecular weight is 331 g/mol. The van der Waals surface area contributed by atoms with Gasteiger partial charge in [-0.05, 0) is 55.0 Å². The molecular formula is C21H21N3O. The van der Waals surface area contributed by atoms with Gasteiger partial charge >= 0.3 is 0 Å². The van der Waals surface area contributed by atoms with Crippen LogP contribution in [0.2, 0.25) is 0 Å². The van der Waals surface area contributed by atoms with Crippen molar-refractivity contribution in [2.45, 2.75) is 32.7 Å². The normalized spacial score (nSPS) is 12.8. The third kappa shape index (κ3) is 3.33. The van der Waals surface area contributed by atoms with Crippen molar-refractivity contribution in [2.24, 2.45) is 0 Å². The van der Waals surface area contributed by atoms with Gasteiger partial charge in [0, 0.05) is 11.6 Å². The Labute approximate surface area is 147 Å². The summed E-state index contributed by atoms with van der Waals surface area (Å²) >= 11 is 0. The molecule has 0 fully saturated rings. The Bertz CT molecular complexity index is 909. The molecule has 1 N–H and O–H groups in total. The van der Waals surface area contributed by atoms with E-state index in [9.17, 15) is 4.79 Å². The maximum absolute atomic E-state index is 12.6. The van der Waals surface area contributed by atoms with Crippen LogP contribution in [0.25, 0.3) is 0 Å². The Hall–Kier alpha value is -2.88. The molecule has 1 amide bonds. The number of carbonyl (C=O) groups is 1. The van der Waals surface area contributed by atoms with E-state index in [-0.39, 0.29) is 5.91 Å². The molecule has 4 rings (SSSR count). The van der Waals surface area contributed by atoms with Crippen molar-refractivity contribution in [2.75, 3.05) is 5.32 Å². The first-order valence-corrected chi connectivity index (χ1v) is 8.69. The number of hydrogen-bond donors (Lipinski definition) is 1. The van der Waals surface area contributed by atoms with Gasteiger partial charge in [-0.2, -0.15) is 5.10 Å². The molecule has 3 aromatic rings. The highest BCUT2D eigenvalue weighted by Crippen LogP contribution is 2.23. The summed E-state index contributed by atoms with van der Waals surface area (Å²) in [5.41, 5.74) is 5.78. The molecule has 0 bridgehead atoms. The van der Waals surface area contributed by atoms with Crippen molar-refractivity contribution in [1.29, 1.82) is 0 Å². The van der Waals surface area contributed by atoms with Gasteiger partial charge in [0.2, 0.25) is 0 Å². The Morgan fingerprint density at radius 3 is 2.72 bits per heavy atom. The molecule has 0 aliphatic heterocycles. The van der Waals surface area contributed by atoms with Gasteiger partial charge in [-0.15, -0.1) is 0 Å². The van der Waals surface area contributed by atoms with Crippen LogP contribution in [0.5, 0.6) is 0 Å². The molecule has 2 aromatic carbocycles. The number of aromatic nitrogens is 2. The van der Waals surface area contributed by atoms with E-state index in [1.807, 2.05) is 22.9 Å². The van der Waals surface area contributed by atoms with Crippen molar-refractivity contribution in [1.82, 2.24) is 9.78 Å². The Kier molecular flexibility index (Phi) is 4.10. The van der Waals surface area contributed by atoms with E-state index >= 15 is 0 Å². The number of nitrogens with one attached hydrogen (secondary N) is 1. The smallest absolute Gasteiger partial charge is 0.256 e. The molecule has 1 aromatic heterocycles. The molecule has 0 unspecified atom stereocenters. The van der Waals surface area contributed by atoms with Gasteiger partial charge in [0.15, 0.2) is 0 Å². The molecule has 25 heavy (non-hydrogen) atoms. The van der Waals surface area contributed by atoms with Crippen molar-refractivity contribution >= 4 is 11.7 Å². The van der Waals surface area contributed by atoms with Crippen molar-refractivity contribution in [3.63, 3.8) is 0 Å². The Morgan fingerprint density at radius 2 is 1.88 bits per heavy atom. The highest BCUT2D eigenvalue weighted by Gasteiger charge is 2.15. The van der Waals surface area contributed by atoms with E-state index in [4.69, 9.17) is 0 Å². The molecule has 0 spiro atoms. The maximum atomic E-state index is 12.6. The topological polar surface area (TPSA) is 46.9 Å². The SMILES string of the molecule is Cc1ccc(Cn2nccc2NC(=O)c2ccc3c(c2)CCC3)cc1. The van der Waals surface area contributed by atoms with Gasteiger partial charge in [0.25, 0.3) is 5.91 Å². The average Bonchev–Trinajstić information content (AvgIpc) is 3.25. The number of anilines is 1. The summed E-state index contributed by atoms with van der Waals surface area (Å²) in [4.78, 5) is 12.6. The van der Waals surface area contributed by atoms with Gasteiger partial charge in [-0.25, -0.2) is 4.68 Å². The fourth-order valence-corrected chi connectivity index (χ4v) is 3.33. The molecule has 0 saturated carbocycles. The number of hydrogen-bond acceptors (Lipinski definition) is 2. The van der Waals surface area contributed by atoms with Crippen LogP contribution in [0.15, 0.2) is 54.7 Å². The fourth-order valence-electron chi connectivity index (χ4n) is 3.33. The molecule has 4 heteroatoms. The van der Waals surface area contributed by atoms with Crippen LogP contribution < -0.4 is 5.32 Å². The predicted octanol–water partition coefficient (Wildman–Crippen LogP) is 3.98. The van der Waals surface area contributed by atoms with Gasteiger partial charge in [-0.1, -0.05) is 35.9 Å². The summed E-state index contributed by atoms with van der Waals surface area (Å²) in [6.07, 6.45) is 5.10. The minimum Gasteiger partial charge on any atom is -0.307 e. The zero-order chi connectivity index (χ0) is 17.2. The van der Waals surface area contributed by atoms with Crippen LogP contribution in [0.3, 0.4) is 0 Å². The molecule has 0 radical (unpaired) electrons. The number of fused-ring (bicyclic) bond motifs is 1. The molecule has 1 aliphatic rings. The van der Waals surface area contributed by atoms with E-state index in [2.05, 4.69) is 47.7 Å². The summed E-state index contributed by atoms with van der Waals surface area (Å²) in [7, 11) is 0. The number of nitrogens with zero attached hydrogens (tertiary/aromatic N) is 2. The summed E-state index contributed by atoms with van der Waals surface area (Å²) < 4.78 is 1.82. The summed E-state index contributed by atoms with van der Waals surface area (Å²) in [6.45, 7) is 2.70. The van der Waals surface area contributed by atoms with E-state index in [1.54, 1.807) is 6.20 Å². The predicted molar refractivity (Wildman–Crippen MR) is 98.9 cm³/mol. The monoisotopic (exact) mass is 331 g/mol. The lowest BCUT2D eigenvalue weighted by atomic mass is 10.1. The molecule has 1 heterocycles. The lowest BCUT2D eigenvalue weighted by Crippen LogP contribution is -2.16. The maximum Gasteiger partial charge on any atom is 0.256 e. The first-order chi connectivity index (χ1) is 12.2. The minimum atomic E-state index is -0.0830. The van der Waals surface area contributed by atoms with Crippen LogP contribution in [-0.4, -0.2) is 15.7 Å². The Balaban J connectivity index is 1.50.